The number of hydrogen-bond acceptors (Lipinski definition) is 3. The highest BCUT2D eigenvalue weighted by atomic mass is 35.5. The van der Waals surface area contributed by atoms with Gasteiger partial charge in [-0.1, -0.05) is 0 Å². The molecule has 3 nitrogen and oxygen atoms in total. The highest BCUT2D eigenvalue weighted by molar-refractivity contribution is 7.11. The van der Waals surface area contributed by atoms with Gasteiger partial charge in [0, 0.05) is 16.8 Å². The molecule has 18 heavy (non-hydrogen) atoms. The average molecular weight is 289 g/mol. The van der Waals surface area contributed by atoms with E-state index in [0.717, 1.165) is 19.0 Å². The van der Waals surface area contributed by atoms with Gasteiger partial charge in [0.05, 0.1) is 13.1 Å². The standard InChI is InChI=1S/C13H20N2OS.ClH/c1-10-3-6-12(17-10)9-15(2)13(16)8-14-7-11-4-5-11;/h3,6,11,14H,4-5,7-9H2,1-2H3;1H. The molecular weight excluding hydrogens is 268 g/mol. The van der Waals surface area contributed by atoms with E-state index in [1.54, 1.807) is 16.2 Å². The van der Waals surface area contributed by atoms with Crippen LogP contribution in [0.5, 0.6) is 0 Å². The van der Waals surface area contributed by atoms with E-state index in [2.05, 4.69) is 24.4 Å². The van der Waals surface area contributed by atoms with Gasteiger partial charge in [-0.25, -0.2) is 0 Å². The fourth-order valence-corrected chi connectivity index (χ4v) is 2.68. The number of thiophene rings is 1. The Kier molecular flexibility index (Phi) is 6.12. The summed E-state index contributed by atoms with van der Waals surface area (Å²) in [5.41, 5.74) is 0. The minimum Gasteiger partial charge on any atom is -0.340 e. The zero-order chi connectivity index (χ0) is 12.3. The van der Waals surface area contributed by atoms with E-state index in [9.17, 15) is 4.79 Å². The minimum atomic E-state index is 0. The van der Waals surface area contributed by atoms with Gasteiger partial charge < -0.3 is 10.2 Å². The Hall–Kier alpha value is -0.580. The maximum atomic E-state index is 11.8. The van der Waals surface area contributed by atoms with Gasteiger partial charge in [0.1, 0.15) is 0 Å². The van der Waals surface area contributed by atoms with Gasteiger partial charge in [-0.05, 0) is 44.4 Å². The van der Waals surface area contributed by atoms with Crippen molar-refractivity contribution in [2.75, 3.05) is 20.1 Å². The number of aryl methyl sites for hydroxylation is 1. The number of carbonyl (C=O) groups is 1. The predicted octanol–water partition coefficient (Wildman–Crippen LogP) is 2.44. The number of likely N-dealkylation sites (N-methyl/N-ethyl adjacent to an activating group) is 1. The first-order valence-corrected chi connectivity index (χ1v) is 6.97. The van der Waals surface area contributed by atoms with Gasteiger partial charge in [0.15, 0.2) is 0 Å². The highest BCUT2D eigenvalue weighted by Crippen LogP contribution is 2.27. The Morgan fingerprint density at radius 1 is 1.50 bits per heavy atom. The molecule has 0 aromatic carbocycles. The zero-order valence-electron chi connectivity index (χ0n) is 10.9. The number of hydrogen-bond donors (Lipinski definition) is 1. The third-order valence-corrected chi connectivity index (χ3v) is 4.01. The average Bonchev–Trinajstić information content (AvgIpc) is 3.02. The molecule has 1 saturated carbocycles. The fourth-order valence-electron chi connectivity index (χ4n) is 1.73. The van der Waals surface area contributed by atoms with Gasteiger partial charge in [0.25, 0.3) is 0 Å². The molecule has 0 atom stereocenters. The summed E-state index contributed by atoms with van der Waals surface area (Å²) in [5.74, 6) is 1.00. The van der Waals surface area contributed by atoms with Crippen LogP contribution in [0.2, 0.25) is 0 Å². The second-order valence-corrected chi connectivity index (χ2v) is 6.21. The molecule has 5 heteroatoms. The highest BCUT2D eigenvalue weighted by Gasteiger charge is 2.21. The lowest BCUT2D eigenvalue weighted by Gasteiger charge is -2.16. The normalized spacial score (nSPS) is 14.1. The second kappa shape index (κ2) is 7.12. The summed E-state index contributed by atoms with van der Waals surface area (Å²) in [5, 5.41) is 3.23. The first-order chi connectivity index (χ1) is 8.15. The maximum absolute atomic E-state index is 11.8. The summed E-state index contributed by atoms with van der Waals surface area (Å²) in [6, 6.07) is 4.20. The SMILES string of the molecule is Cc1ccc(CN(C)C(=O)CNCC2CC2)s1.Cl. The van der Waals surface area contributed by atoms with Crippen molar-refractivity contribution in [2.24, 2.45) is 5.92 Å². The lowest BCUT2D eigenvalue weighted by molar-refractivity contribution is -0.129. The summed E-state index contributed by atoms with van der Waals surface area (Å²) >= 11 is 1.76. The third-order valence-electron chi connectivity index (χ3n) is 3.02. The Bertz CT molecular complexity index is 390. The first kappa shape index (κ1) is 15.5. The number of nitrogens with one attached hydrogen (secondary N) is 1. The molecule has 0 unspecified atom stereocenters. The first-order valence-electron chi connectivity index (χ1n) is 6.15. The molecule has 0 spiro atoms. The monoisotopic (exact) mass is 288 g/mol. The smallest absolute Gasteiger partial charge is 0.236 e. The molecule has 1 aliphatic rings. The van der Waals surface area contributed by atoms with Crippen LogP contribution in [0.25, 0.3) is 0 Å². The molecule has 1 N–H and O–H groups in total. The summed E-state index contributed by atoms with van der Waals surface area (Å²) in [4.78, 5) is 16.2. The van der Waals surface area contributed by atoms with Crippen molar-refractivity contribution in [1.82, 2.24) is 10.2 Å². The second-order valence-electron chi connectivity index (χ2n) is 4.84. The molecular formula is C13H21ClN2OS. The van der Waals surface area contributed by atoms with Crippen LogP contribution in [0.1, 0.15) is 22.6 Å². The zero-order valence-corrected chi connectivity index (χ0v) is 12.6. The molecule has 0 radical (unpaired) electrons. The van der Waals surface area contributed by atoms with Crippen LogP contribution in [0.3, 0.4) is 0 Å². The van der Waals surface area contributed by atoms with Crippen molar-refractivity contribution in [3.05, 3.63) is 21.9 Å². The summed E-state index contributed by atoms with van der Waals surface area (Å²) < 4.78 is 0. The Morgan fingerprint density at radius 3 is 2.78 bits per heavy atom. The topological polar surface area (TPSA) is 32.3 Å². The van der Waals surface area contributed by atoms with E-state index < -0.39 is 0 Å². The molecule has 1 aliphatic carbocycles. The van der Waals surface area contributed by atoms with Crippen LogP contribution in [0.15, 0.2) is 12.1 Å². The van der Waals surface area contributed by atoms with Gasteiger partial charge >= 0.3 is 0 Å². The van der Waals surface area contributed by atoms with Crippen molar-refractivity contribution in [3.63, 3.8) is 0 Å². The Balaban J connectivity index is 0.00000162. The Morgan fingerprint density at radius 2 is 2.22 bits per heavy atom. The molecule has 0 saturated heterocycles. The van der Waals surface area contributed by atoms with E-state index in [4.69, 9.17) is 0 Å². The molecule has 2 rings (SSSR count). The molecule has 0 aliphatic heterocycles. The van der Waals surface area contributed by atoms with Crippen LogP contribution in [-0.4, -0.2) is 30.9 Å². The van der Waals surface area contributed by atoms with Gasteiger partial charge in [0.2, 0.25) is 5.91 Å². The van der Waals surface area contributed by atoms with Crippen LogP contribution in [0, 0.1) is 12.8 Å². The van der Waals surface area contributed by atoms with Crippen molar-refractivity contribution in [1.29, 1.82) is 0 Å². The van der Waals surface area contributed by atoms with E-state index in [1.165, 1.54) is 22.6 Å². The Labute approximate surface area is 119 Å². The molecule has 0 bridgehead atoms. The van der Waals surface area contributed by atoms with Gasteiger partial charge in [-0.2, -0.15) is 0 Å². The quantitative estimate of drug-likeness (QED) is 0.872. The molecule has 1 fully saturated rings. The number of amides is 1. The van der Waals surface area contributed by atoms with Crippen LogP contribution in [-0.2, 0) is 11.3 Å². The minimum absolute atomic E-state index is 0. The summed E-state index contributed by atoms with van der Waals surface area (Å²) in [6.07, 6.45) is 2.65. The van der Waals surface area contributed by atoms with Crippen LogP contribution < -0.4 is 5.32 Å². The number of carbonyl (C=O) groups excluding carboxylic acids is 1. The molecule has 102 valence electrons. The lowest BCUT2D eigenvalue weighted by atomic mass is 10.4. The number of halogens is 1. The van der Waals surface area contributed by atoms with Gasteiger partial charge in [-0.3, -0.25) is 4.79 Å². The lowest BCUT2D eigenvalue weighted by Crippen LogP contribution is -2.35. The van der Waals surface area contributed by atoms with Crippen molar-refractivity contribution in [3.8, 4) is 0 Å². The fraction of sp³-hybridized carbons (Fsp3) is 0.615. The van der Waals surface area contributed by atoms with E-state index in [0.29, 0.717) is 6.54 Å². The molecule has 1 aromatic rings. The van der Waals surface area contributed by atoms with Gasteiger partial charge in [-0.15, -0.1) is 23.7 Å². The van der Waals surface area contributed by atoms with E-state index >= 15 is 0 Å². The third kappa shape index (κ3) is 4.96. The molecule has 1 aromatic heterocycles. The number of nitrogens with zero attached hydrogens (tertiary/aromatic N) is 1. The predicted molar refractivity (Wildman–Crippen MR) is 78.4 cm³/mol. The van der Waals surface area contributed by atoms with Crippen molar-refractivity contribution >= 4 is 29.7 Å². The molecule has 1 amide bonds. The van der Waals surface area contributed by atoms with E-state index in [1.807, 2.05) is 7.05 Å². The largest absolute Gasteiger partial charge is 0.340 e. The van der Waals surface area contributed by atoms with E-state index in [-0.39, 0.29) is 18.3 Å². The van der Waals surface area contributed by atoms with Crippen molar-refractivity contribution < 1.29 is 4.79 Å². The maximum Gasteiger partial charge on any atom is 0.236 e. The summed E-state index contributed by atoms with van der Waals surface area (Å²) in [7, 11) is 1.87. The summed E-state index contributed by atoms with van der Waals surface area (Å²) in [6.45, 7) is 4.28. The van der Waals surface area contributed by atoms with Crippen LogP contribution >= 0.6 is 23.7 Å². The number of rotatable bonds is 6. The van der Waals surface area contributed by atoms with Crippen molar-refractivity contribution in [2.45, 2.75) is 26.3 Å². The molecule has 1 heterocycles. The van der Waals surface area contributed by atoms with Crippen LogP contribution in [0.4, 0.5) is 0 Å².